The molecule has 0 saturated heterocycles. The van der Waals surface area contributed by atoms with Gasteiger partial charge in [0.2, 0.25) is 0 Å². The van der Waals surface area contributed by atoms with E-state index < -0.39 is 0 Å². The number of rotatable bonds is 2. The van der Waals surface area contributed by atoms with Crippen molar-refractivity contribution in [2.45, 2.75) is 6.92 Å². The summed E-state index contributed by atoms with van der Waals surface area (Å²) in [6, 6.07) is 10.8. The fourth-order valence-corrected chi connectivity index (χ4v) is 2.75. The molecule has 0 aliphatic carbocycles. The number of carbonyl (C=O) groups excluding carboxylic acids is 1. The number of anilines is 1. The maximum atomic E-state index is 12.1. The molecule has 19 heavy (non-hydrogen) atoms. The number of amides is 1. The molecule has 0 fully saturated rings. The average Bonchev–Trinajstić information content (AvgIpc) is 2.32. The molecule has 0 atom stereocenters. The molecule has 0 aliphatic heterocycles. The molecule has 0 saturated carbocycles. The molecule has 0 spiro atoms. The van der Waals surface area contributed by atoms with Crippen molar-refractivity contribution in [3.05, 3.63) is 61.5 Å². The van der Waals surface area contributed by atoms with E-state index in [1.54, 1.807) is 24.3 Å². The summed E-state index contributed by atoms with van der Waals surface area (Å²) in [6.45, 7) is 1.94. The van der Waals surface area contributed by atoms with Crippen molar-refractivity contribution in [2.24, 2.45) is 0 Å². The predicted molar refractivity (Wildman–Crippen MR) is 86.0 cm³/mol. The van der Waals surface area contributed by atoms with E-state index in [0.717, 1.165) is 14.5 Å². The van der Waals surface area contributed by atoms with E-state index in [0.29, 0.717) is 16.3 Å². The third kappa shape index (κ3) is 3.81. The standard InChI is InChI=1S/C14H10Br2ClNO/c1-8-4-9(6-10(15)5-8)14(19)18-11-2-3-13(17)12(16)7-11/h2-7H,1H3,(H,18,19). The highest BCUT2D eigenvalue weighted by atomic mass is 79.9. The van der Waals surface area contributed by atoms with Gasteiger partial charge in [0.05, 0.1) is 5.02 Å². The lowest BCUT2D eigenvalue weighted by atomic mass is 10.1. The van der Waals surface area contributed by atoms with Crippen LogP contribution < -0.4 is 5.32 Å². The fourth-order valence-electron chi connectivity index (χ4n) is 1.64. The van der Waals surface area contributed by atoms with Gasteiger partial charge in [-0.05, 0) is 64.8 Å². The number of hydrogen-bond donors (Lipinski definition) is 1. The minimum Gasteiger partial charge on any atom is -0.322 e. The van der Waals surface area contributed by atoms with Gasteiger partial charge in [-0.15, -0.1) is 0 Å². The number of carbonyl (C=O) groups is 1. The van der Waals surface area contributed by atoms with E-state index in [4.69, 9.17) is 11.6 Å². The number of halogens is 3. The monoisotopic (exact) mass is 401 g/mol. The van der Waals surface area contributed by atoms with Crippen LogP contribution in [0.3, 0.4) is 0 Å². The van der Waals surface area contributed by atoms with Crippen LogP contribution in [0.1, 0.15) is 15.9 Å². The first-order valence-corrected chi connectivity index (χ1v) is 7.46. The second-order valence-corrected chi connectivity index (χ2v) is 6.28. The SMILES string of the molecule is Cc1cc(Br)cc(C(=O)Nc2ccc(Cl)c(Br)c2)c1. The van der Waals surface area contributed by atoms with Crippen LogP contribution in [-0.2, 0) is 0 Å². The molecule has 0 bridgehead atoms. The summed E-state index contributed by atoms with van der Waals surface area (Å²) in [6.07, 6.45) is 0. The molecule has 5 heteroatoms. The van der Waals surface area contributed by atoms with Crippen LogP contribution in [0.25, 0.3) is 0 Å². The van der Waals surface area contributed by atoms with Gasteiger partial charge in [0.1, 0.15) is 0 Å². The summed E-state index contributed by atoms with van der Waals surface area (Å²) in [7, 11) is 0. The minimum absolute atomic E-state index is 0.154. The van der Waals surface area contributed by atoms with Gasteiger partial charge in [0, 0.05) is 20.2 Å². The maximum Gasteiger partial charge on any atom is 0.255 e. The Bertz CT molecular complexity index is 623. The molecule has 2 nitrogen and oxygen atoms in total. The van der Waals surface area contributed by atoms with Gasteiger partial charge < -0.3 is 5.32 Å². The second kappa shape index (κ2) is 6.07. The van der Waals surface area contributed by atoms with Crippen molar-refractivity contribution in [3.63, 3.8) is 0 Å². The van der Waals surface area contributed by atoms with Crippen molar-refractivity contribution in [3.8, 4) is 0 Å². The number of nitrogens with one attached hydrogen (secondary N) is 1. The first kappa shape index (κ1) is 14.6. The van der Waals surface area contributed by atoms with Crippen LogP contribution in [-0.4, -0.2) is 5.91 Å². The average molecular weight is 404 g/mol. The van der Waals surface area contributed by atoms with Gasteiger partial charge in [-0.3, -0.25) is 4.79 Å². The predicted octanol–water partition coefficient (Wildman–Crippen LogP) is 5.43. The summed E-state index contributed by atoms with van der Waals surface area (Å²) in [4.78, 5) is 12.1. The zero-order chi connectivity index (χ0) is 14.0. The topological polar surface area (TPSA) is 29.1 Å². The van der Waals surface area contributed by atoms with Gasteiger partial charge in [0.25, 0.3) is 5.91 Å². The van der Waals surface area contributed by atoms with Gasteiger partial charge >= 0.3 is 0 Å². The third-order valence-corrected chi connectivity index (χ3v) is 4.15. The Morgan fingerprint density at radius 1 is 1.16 bits per heavy atom. The van der Waals surface area contributed by atoms with E-state index >= 15 is 0 Å². The molecule has 0 aromatic heterocycles. The van der Waals surface area contributed by atoms with Gasteiger partial charge in [-0.25, -0.2) is 0 Å². The lowest BCUT2D eigenvalue weighted by Gasteiger charge is -2.07. The smallest absolute Gasteiger partial charge is 0.255 e. The minimum atomic E-state index is -0.154. The van der Waals surface area contributed by atoms with E-state index in [1.165, 1.54) is 0 Å². The Labute approximate surface area is 133 Å². The molecule has 1 N–H and O–H groups in total. The number of hydrogen-bond acceptors (Lipinski definition) is 1. The Morgan fingerprint density at radius 3 is 2.53 bits per heavy atom. The Kier molecular flexibility index (Phi) is 4.66. The Morgan fingerprint density at radius 2 is 1.89 bits per heavy atom. The summed E-state index contributed by atoms with van der Waals surface area (Å²) < 4.78 is 1.63. The number of aryl methyl sites for hydroxylation is 1. The molecule has 2 aromatic carbocycles. The van der Waals surface area contributed by atoms with Crippen LogP contribution in [0.2, 0.25) is 5.02 Å². The van der Waals surface area contributed by atoms with Crippen molar-refractivity contribution in [1.82, 2.24) is 0 Å². The zero-order valence-electron chi connectivity index (χ0n) is 10.0. The Hall–Kier alpha value is -0.840. The normalized spacial score (nSPS) is 10.3. The van der Waals surface area contributed by atoms with Gasteiger partial charge in [-0.2, -0.15) is 0 Å². The highest BCUT2D eigenvalue weighted by Crippen LogP contribution is 2.26. The van der Waals surface area contributed by atoms with E-state index in [9.17, 15) is 4.79 Å². The zero-order valence-corrected chi connectivity index (χ0v) is 13.9. The van der Waals surface area contributed by atoms with Crippen molar-refractivity contribution in [2.75, 3.05) is 5.32 Å². The van der Waals surface area contributed by atoms with Gasteiger partial charge in [-0.1, -0.05) is 27.5 Å². The molecule has 0 heterocycles. The number of benzene rings is 2. The molecule has 2 aromatic rings. The summed E-state index contributed by atoms with van der Waals surface area (Å²) in [5, 5.41) is 3.44. The van der Waals surface area contributed by atoms with E-state index in [-0.39, 0.29) is 5.91 Å². The molecular weight excluding hydrogens is 393 g/mol. The summed E-state index contributed by atoms with van der Waals surface area (Å²) in [5.74, 6) is -0.154. The van der Waals surface area contributed by atoms with Crippen molar-refractivity contribution < 1.29 is 4.79 Å². The van der Waals surface area contributed by atoms with Crippen LogP contribution in [0.15, 0.2) is 45.3 Å². The lowest BCUT2D eigenvalue weighted by molar-refractivity contribution is 0.102. The van der Waals surface area contributed by atoms with E-state index in [1.807, 2.05) is 19.1 Å². The van der Waals surface area contributed by atoms with Crippen LogP contribution in [0, 0.1) is 6.92 Å². The van der Waals surface area contributed by atoms with Crippen molar-refractivity contribution >= 4 is 55.1 Å². The van der Waals surface area contributed by atoms with E-state index in [2.05, 4.69) is 37.2 Å². The highest BCUT2D eigenvalue weighted by Gasteiger charge is 2.08. The molecule has 1 amide bonds. The molecule has 98 valence electrons. The van der Waals surface area contributed by atoms with Crippen LogP contribution in [0.4, 0.5) is 5.69 Å². The Balaban J connectivity index is 2.22. The third-order valence-electron chi connectivity index (χ3n) is 2.48. The maximum absolute atomic E-state index is 12.1. The largest absolute Gasteiger partial charge is 0.322 e. The fraction of sp³-hybridized carbons (Fsp3) is 0.0714. The summed E-state index contributed by atoms with van der Waals surface area (Å²) >= 11 is 12.6. The quantitative estimate of drug-likeness (QED) is 0.712. The second-order valence-electron chi connectivity index (χ2n) is 4.10. The molecule has 2 rings (SSSR count). The molecule has 0 unspecified atom stereocenters. The molecule has 0 radical (unpaired) electrons. The van der Waals surface area contributed by atoms with Crippen LogP contribution in [0.5, 0.6) is 0 Å². The lowest BCUT2D eigenvalue weighted by Crippen LogP contribution is -2.12. The first-order chi connectivity index (χ1) is 8.95. The van der Waals surface area contributed by atoms with Crippen LogP contribution >= 0.6 is 43.5 Å². The van der Waals surface area contributed by atoms with Gasteiger partial charge in [0.15, 0.2) is 0 Å². The molecular formula is C14H10Br2ClNO. The first-order valence-electron chi connectivity index (χ1n) is 5.49. The summed E-state index contributed by atoms with van der Waals surface area (Å²) in [5.41, 5.74) is 2.33. The molecule has 0 aliphatic rings. The highest BCUT2D eigenvalue weighted by molar-refractivity contribution is 9.10. The van der Waals surface area contributed by atoms with Crippen molar-refractivity contribution in [1.29, 1.82) is 0 Å².